The van der Waals surface area contributed by atoms with Crippen molar-refractivity contribution in [1.29, 1.82) is 0 Å². The van der Waals surface area contributed by atoms with Gasteiger partial charge in [-0.2, -0.15) is 0 Å². The third kappa shape index (κ3) is 5.36. The Labute approximate surface area is 108 Å². The molecule has 3 nitrogen and oxygen atoms in total. The quantitative estimate of drug-likeness (QED) is 0.715. The van der Waals surface area contributed by atoms with E-state index in [2.05, 4.69) is 49.9 Å². The van der Waals surface area contributed by atoms with Crippen LogP contribution in [0.2, 0.25) is 0 Å². The van der Waals surface area contributed by atoms with Gasteiger partial charge in [-0.05, 0) is 46.8 Å². The Kier molecular flexibility index (Phi) is 6.45. The molecule has 1 heterocycles. The molecule has 1 fully saturated rings. The normalized spacial score (nSPS) is 27.9. The topological polar surface area (TPSA) is 18.5 Å². The minimum Gasteiger partial charge on any atom is -0.315 e. The monoisotopic (exact) mass is 241 g/mol. The van der Waals surface area contributed by atoms with E-state index in [0.717, 1.165) is 6.54 Å². The highest BCUT2D eigenvalue weighted by Gasteiger charge is 2.25. The standard InChI is InChI=1S/C14H31N3/c1-12(2)15-8-6-7-9-17-10-13(3)16(5)14(4)11-17/h12-15H,6-11H2,1-5H3. The van der Waals surface area contributed by atoms with E-state index in [9.17, 15) is 0 Å². The summed E-state index contributed by atoms with van der Waals surface area (Å²) in [5, 5.41) is 3.48. The molecule has 1 saturated heterocycles. The van der Waals surface area contributed by atoms with Crippen molar-refractivity contribution in [3.8, 4) is 0 Å². The Hall–Kier alpha value is -0.120. The molecule has 0 spiro atoms. The van der Waals surface area contributed by atoms with E-state index in [1.807, 2.05) is 0 Å². The van der Waals surface area contributed by atoms with Crippen LogP contribution in [0.5, 0.6) is 0 Å². The van der Waals surface area contributed by atoms with Crippen molar-refractivity contribution >= 4 is 0 Å². The Morgan fingerprint density at radius 3 is 2.24 bits per heavy atom. The lowest BCUT2D eigenvalue weighted by molar-refractivity contribution is 0.0592. The maximum Gasteiger partial charge on any atom is 0.0195 e. The number of nitrogens with zero attached hydrogens (tertiary/aromatic N) is 2. The number of hydrogen-bond acceptors (Lipinski definition) is 3. The second kappa shape index (κ2) is 7.34. The fraction of sp³-hybridized carbons (Fsp3) is 1.00. The van der Waals surface area contributed by atoms with E-state index in [0.29, 0.717) is 18.1 Å². The van der Waals surface area contributed by atoms with Gasteiger partial charge in [0.25, 0.3) is 0 Å². The van der Waals surface area contributed by atoms with Gasteiger partial charge in [-0.25, -0.2) is 0 Å². The van der Waals surface area contributed by atoms with Crippen LogP contribution in [-0.2, 0) is 0 Å². The molecule has 0 aliphatic carbocycles. The zero-order valence-corrected chi connectivity index (χ0v) is 12.4. The van der Waals surface area contributed by atoms with Gasteiger partial charge in [-0.3, -0.25) is 4.90 Å². The summed E-state index contributed by atoms with van der Waals surface area (Å²) < 4.78 is 0. The minimum atomic E-state index is 0.624. The van der Waals surface area contributed by atoms with Gasteiger partial charge in [-0.15, -0.1) is 0 Å². The van der Waals surface area contributed by atoms with Crippen molar-refractivity contribution in [1.82, 2.24) is 15.1 Å². The second-order valence-corrected chi connectivity index (χ2v) is 5.94. The van der Waals surface area contributed by atoms with Gasteiger partial charge >= 0.3 is 0 Å². The first-order chi connectivity index (χ1) is 8.00. The average molecular weight is 241 g/mol. The van der Waals surface area contributed by atoms with Crippen LogP contribution < -0.4 is 5.32 Å². The molecule has 0 saturated carbocycles. The van der Waals surface area contributed by atoms with Gasteiger partial charge in [0.2, 0.25) is 0 Å². The number of unbranched alkanes of at least 4 members (excludes halogenated alkanes) is 1. The fourth-order valence-corrected chi connectivity index (χ4v) is 2.55. The number of likely N-dealkylation sites (N-methyl/N-ethyl adjacent to an activating group) is 1. The SMILES string of the molecule is CC(C)NCCCCN1CC(C)N(C)C(C)C1. The third-order valence-electron chi connectivity index (χ3n) is 3.89. The molecular weight excluding hydrogens is 210 g/mol. The first-order valence-electron chi connectivity index (χ1n) is 7.18. The summed E-state index contributed by atoms with van der Waals surface area (Å²) in [5.41, 5.74) is 0. The van der Waals surface area contributed by atoms with Crippen LogP contribution in [0.4, 0.5) is 0 Å². The number of nitrogens with one attached hydrogen (secondary N) is 1. The number of hydrogen-bond donors (Lipinski definition) is 1. The predicted molar refractivity (Wildman–Crippen MR) is 75.5 cm³/mol. The highest BCUT2D eigenvalue weighted by Crippen LogP contribution is 2.13. The van der Waals surface area contributed by atoms with E-state index in [4.69, 9.17) is 0 Å². The number of rotatable bonds is 6. The van der Waals surface area contributed by atoms with Crippen LogP contribution >= 0.6 is 0 Å². The molecule has 0 aromatic carbocycles. The zero-order valence-electron chi connectivity index (χ0n) is 12.4. The highest BCUT2D eigenvalue weighted by molar-refractivity contribution is 4.82. The minimum absolute atomic E-state index is 0.624. The van der Waals surface area contributed by atoms with Gasteiger partial charge in [0.05, 0.1) is 0 Å². The summed E-state index contributed by atoms with van der Waals surface area (Å²) in [5.74, 6) is 0. The summed E-state index contributed by atoms with van der Waals surface area (Å²) in [6.45, 7) is 14.0. The van der Waals surface area contributed by atoms with Crippen molar-refractivity contribution in [2.75, 3.05) is 33.2 Å². The van der Waals surface area contributed by atoms with Crippen LogP contribution in [0.3, 0.4) is 0 Å². The van der Waals surface area contributed by atoms with Crippen LogP contribution in [0.1, 0.15) is 40.5 Å². The molecule has 1 aliphatic heterocycles. The van der Waals surface area contributed by atoms with Gasteiger partial charge in [0.15, 0.2) is 0 Å². The molecule has 0 bridgehead atoms. The van der Waals surface area contributed by atoms with Crippen molar-refractivity contribution in [2.45, 2.75) is 58.7 Å². The summed E-state index contributed by atoms with van der Waals surface area (Å²) in [7, 11) is 2.25. The molecule has 2 unspecified atom stereocenters. The molecule has 0 aromatic heterocycles. The Balaban J connectivity index is 2.11. The van der Waals surface area contributed by atoms with Gasteiger partial charge < -0.3 is 10.2 Å². The predicted octanol–water partition coefficient (Wildman–Crippen LogP) is 1.79. The van der Waals surface area contributed by atoms with E-state index >= 15 is 0 Å². The Morgan fingerprint density at radius 2 is 1.71 bits per heavy atom. The summed E-state index contributed by atoms with van der Waals surface area (Å²) in [4.78, 5) is 5.13. The van der Waals surface area contributed by atoms with Crippen molar-refractivity contribution in [3.05, 3.63) is 0 Å². The lowest BCUT2D eigenvalue weighted by Crippen LogP contribution is -2.54. The van der Waals surface area contributed by atoms with Crippen molar-refractivity contribution < 1.29 is 0 Å². The molecule has 102 valence electrons. The van der Waals surface area contributed by atoms with E-state index in [1.165, 1.54) is 32.5 Å². The lowest BCUT2D eigenvalue weighted by Gasteiger charge is -2.42. The molecule has 0 aromatic rings. The summed E-state index contributed by atoms with van der Waals surface area (Å²) >= 11 is 0. The van der Waals surface area contributed by atoms with Crippen LogP contribution in [-0.4, -0.2) is 61.2 Å². The van der Waals surface area contributed by atoms with Gasteiger partial charge in [-0.1, -0.05) is 13.8 Å². The third-order valence-corrected chi connectivity index (χ3v) is 3.89. The highest BCUT2D eigenvalue weighted by atomic mass is 15.3. The maximum atomic E-state index is 3.48. The smallest absolute Gasteiger partial charge is 0.0195 e. The van der Waals surface area contributed by atoms with Crippen LogP contribution in [0.15, 0.2) is 0 Å². The Bertz CT molecular complexity index is 194. The first-order valence-corrected chi connectivity index (χ1v) is 7.18. The average Bonchev–Trinajstić information content (AvgIpc) is 2.25. The molecular formula is C14H31N3. The molecule has 3 heteroatoms. The largest absolute Gasteiger partial charge is 0.315 e. The van der Waals surface area contributed by atoms with Gasteiger partial charge in [0.1, 0.15) is 0 Å². The van der Waals surface area contributed by atoms with Crippen LogP contribution in [0.25, 0.3) is 0 Å². The lowest BCUT2D eigenvalue weighted by atomic mass is 10.1. The molecule has 2 atom stereocenters. The number of piperazine rings is 1. The summed E-state index contributed by atoms with van der Waals surface area (Å²) in [6, 6.07) is 2.03. The van der Waals surface area contributed by atoms with E-state index in [1.54, 1.807) is 0 Å². The molecule has 1 aliphatic rings. The molecule has 1 rings (SSSR count). The Morgan fingerprint density at radius 1 is 1.12 bits per heavy atom. The van der Waals surface area contributed by atoms with E-state index < -0.39 is 0 Å². The second-order valence-electron chi connectivity index (χ2n) is 5.94. The van der Waals surface area contributed by atoms with E-state index in [-0.39, 0.29) is 0 Å². The summed E-state index contributed by atoms with van der Waals surface area (Å²) in [6.07, 6.45) is 2.62. The maximum absolute atomic E-state index is 3.48. The van der Waals surface area contributed by atoms with Crippen molar-refractivity contribution in [2.24, 2.45) is 0 Å². The first kappa shape index (κ1) is 14.9. The van der Waals surface area contributed by atoms with Crippen molar-refractivity contribution in [3.63, 3.8) is 0 Å². The molecule has 17 heavy (non-hydrogen) atoms. The molecule has 1 N–H and O–H groups in total. The fourth-order valence-electron chi connectivity index (χ4n) is 2.55. The van der Waals surface area contributed by atoms with Gasteiger partial charge in [0, 0.05) is 31.2 Å². The zero-order chi connectivity index (χ0) is 12.8. The molecule has 0 amide bonds. The molecule has 0 radical (unpaired) electrons. The van der Waals surface area contributed by atoms with Crippen LogP contribution in [0, 0.1) is 0 Å².